The zero-order chi connectivity index (χ0) is 10.4. The van der Waals surface area contributed by atoms with Gasteiger partial charge in [-0.25, -0.2) is 0 Å². The van der Waals surface area contributed by atoms with Crippen molar-refractivity contribution in [3.05, 3.63) is 21.3 Å². The Labute approximate surface area is 93.1 Å². The van der Waals surface area contributed by atoms with Crippen LogP contribution >= 0.6 is 22.9 Å². The van der Waals surface area contributed by atoms with Gasteiger partial charge in [-0.05, 0) is 31.5 Å². The number of halogens is 1. The number of carbonyl (C=O) groups excluding carboxylic acids is 1. The van der Waals surface area contributed by atoms with Gasteiger partial charge in [0.25, 0.3) is 0 Å². The van der Waals surface area contributed by atoms with Gasteiger partial charge in [0.15, 0.2) is 5.78 Å². The molecule has 0 radical (unpaired) electrons. The van der Waals surface area contributed by atoms with E-state index in [9.17, 15) is 4.79 Å². The first kappa shape index (κ1) is 11.7. The van der Waals surface area contributed by atoms with Crippen molar-refractivity contribution in [2.24, 2.45) is 5.73 Å². The van der Waals surface area contributed by atoms with Gasteiger partial charge in [0.05, 0.1) is 9.21 Å². The molecule has 0 aliphatic heterocycles. The number of Topliss-reactive ketones (excluding diaryl/α,β-unsaturated/α-hetero) is 1. The lowest BCUT2D eigenvalue weighted by Gasteiger charge is -1.97. The van der Waals surface area contributed by atoms with Crippen LogP contribution < -0.4 is 5.73 Å². The van der Waals surface area contributed by atoms with Crippen molar-refractivity contribution in [1.29, 1.82) is 0 Å². The van der Waals surface area contributed by atoms with Crippen molar-refractivity contribution in [3.8, 4) is 0 Å². The maximum Gasteiger partial charge on any atom is 0.172 e. The van der Waals surface area contributed by atoms with E-state index in [2.05, 4.69) is 0 Å². The second-order valence-electron chi connectivity index (χ2n) is 3.13. The molecular weight excluding hydrogens is 218 g/mol. The van der Waals surface area contributed by atoms with Crippen molar-refractivity contribution >= 4 is 28.7 Å². The summed E-state index contributed by atoms with van der Waals surface area (Å²) in [5.74, 6) is 0.193. The number of nitrogens with two attached hydrogens (primary N) is 1. The third-order valence-corrected chi connectivity index (χ3v) is 3.23. The number of unbranched alkanes of at least 4 members (excludes halogenated alkanes) is 2. The van der Waals surface area contributed by atoms with Gasteiger partial charge < -0.3 is 5.73 Å². The zero-order valence-corrected chi connectivity index (χ0v) is 9.53. The Bertz CT molecular complexity index is 298. The molecule has 1 aromatic rings. The molecule has 0 aliphatic carbocycles. The Morgan fingerprint density at radius 3 is 2.71 bits per heavy atom. The summed E-state index contributed by atoms with van der Waals surface area (Å²) in [5, 5.41) is 0. The van der Waals surface area contributed by atoms with Gasteiger partial charge >= 0.3 is 0 Å². The highest BCUT2D eigenvalue weighted by Gasteiger charge is 2.07. The minimum absolute atomic E-state index is 0.193. The largest absolute Gasteiger partial charge is 0.330 e. The normalized spacial score (nSPS) is 10.4. The lowest BCUT2D eigenvalue weighted by Crippen LogP contribution is -2.00. The van der Waals surface area contributed by atoms with Gasteiger partial charge in [-0.15, -0.1) is 11.3 Å². The van der Waals surface area contributed by atoms with Gasteiger partial charge in [0.1, 0.15) is 0 Å². The molecule has 1 heterocycles. The summed E-state index contributed by atoms with van der Waals surface area (Å²) in [5.41, 5.74) is 5.36. The number of thiophene rings is 1. The summed E-state index contributed by atoms with van der Waals surface area (Å²) in [6.45, 7) is 0.707. The van der Waals surface area contributed by atoms with Crippen molar-refractivity contribution in [1.82, 2.24) is 0 Å². The van der Waals surface area contributed by atoms with E-state index >= 15 is 0 Å². The van der Waals surface area contributed by atoms with Crippen LogP contribution in [0, 0.1) is 0 Å². The predicted molar refractivity (Wildman–Crippen MR) is 61.2 cm³/mol. The topological polar surface area (TPSA) is 43.1 Å². The van der Waals surface area contributed by atoms with E-state index in [-0.39, 0.29) is 5.78 Å². The SMILES string of the molecule is NCCCCCC(=O)c1ccc(Cl)s1. The molecule has 0 fully saturated rings. The maximum absolute atomic E-state index is 11.5. The fourth-order valence-corrected chi connectivity index (χ4v) is 2.20. The molecule has 0 bridgehead atoms. The number of rotatable bonds is 6. The molecule has 1 rings (SSSR count). The number of hydrogen-bond donors (Lipinski definition) is 1. The smallest absolute Gasteiger partial charge is 0.172 e. The molecule has 0 saturated carbocycles. The fourth-order valence-electron chi connectivity index (χ4n) is 1.19. The first-order valence-corrected chi connectivity index (χ1v) is 5.92. The Kier molecular flexibility index (Phi) is 5.15. The summed E-state index contributed by atoms with van der Waals surface area (Å²) < 4.78 is 0.676. The Morgan fingerprint density at radius 1 is 1.36 bits per heavy atom. The number of hydrogen-bond acceptors (Lipinski definition) is 3. The van der Waals surface area contributed by atoms with Crippen LogP contribution in [0.25, 0.3) is 0 Å². The van der Waals surface area contributed by atoms with Crippen LogP contribution in [0.15, 0.2) is 12.1 Å². The highest BCUT2D eigenvalue weighted by Crippen LogP contribution is 2.23. The van der Waals surface area contributed by atoms with E-state index in [1.165, 1.54) is 11.3 Å². The minimum Gasteiger partial charge on any atom is -0.330 e. The summed E-state index contributed by atoms with van der Waals surface area (Å²) in [4.78, 5) is 12.3. The summed E-state index contributed by atoms with van der Waals surface area (Å²) in [7, 11) is 0. The monoisotopic (exact) mass is 231 g/mol. The van der Waals surface area contributed by atoms with Crippen LogP contribution in [0.3, 0.4) is 0 Å². The van der Waals surface area contributed by atoms with Crippen LogP contribution in [0.2, 0.25) is 4.34 Å². The van der Waals surface area contributed by atoms with E-state index in [4.69, 9.17) is 17.3 Å². The predicted octanol–water partition coefficient (Wildman–Crippen LogP) is 3.10. The first-order valence-electron chi connectivity index (χ1n) is 4.72. The van der Waals surface area contributed by atoms with Crippen molar-refractivity contribution in [2.75, 3.05) is 6.54 Å². The number of carbonyl (C=O) groups is 1. The quantitative estimate of drug-likeness (QED) is 0.604. The summed E-state index contributed by atoms with van der Waals surface area (Å²) in [6, 6.07) is 3.55. The third kappa shape index (κ3) is 3.78. The van der Waals surface area contributed by atoms with Gasteiger partial charge in [-0.1, -0.05) is 18.0 Å². The van der Waals surface area contributed by atoms with E-state index < -0.39 is 0 Å². The molecule has 0 aliphatic rings. The molecule has 4 heteroatoms. The van der Waals surface area contributed by atoms with Crippen LogP contribution in [0.4, 0.5) is 0 Å². The fraction of sp³-hybridized carbons (Fsp3) is 0.500. The summed E-state index contributed by atoms with van der Waals surface area (Å²) >= 11 is 7.09. The minimum atomic E-state index is 0.193. The third-order valence-electron chi connectivity index (χ3n) is 1.96. The second-order valence-corrected chi connectivity index (χ2v) is 4.84. The average molecular weight is 232 g/mol. The number of ketones is 1. The molecule has 14 heavy (non-hydrogen) atoms. The molecule has 1 aromatic heterocycles. The Hall–Kier alpha value is -0.380. The highest BCUT2D eigenvalue weighted by atomic mass is 35.5. The van der Waals surface area contributed by atoms with E-state index in [1.54, 1.807) is 12.1 Å². The molecule has 2 N–H and O–H groups in total. The van der Waals surface area contributed by atoms with Crippen molar-refractivity contribution in [3.63, 3.8) is 0 Å². The molecule has 0 amide bonds. The van der Waals surface area contributed by atoms with E-state index in [0.29, 0.717) is 17.3 Å². The van der Waals surface area contributed by atoms with Crippen molar-refractivity contribution in [2.45, 2.75) is 25.7 Å². The molecule has 0 spiro atoms. The van der Waals surface area contributed by atoms with Gasteiger partial charge in [-0.3, -0.25) is 4.79 Å². The van der Waals surface area contributed by atoms with Crippen LogP contribution in [-0.4, -0.2) is 12.3 Å². The average Bonchev–Trinajstić information content (AvgIpc) is 2.59. The Balaban J connectivity index is 2.29. The Morgan fingerprint density at radius 2 is 2.14 bits per heavy atom. The standard InChI is InChI=1S/C10H14ClNOS/c11-10-6-5-9(14-10)8(13)4-2-1-3-7-12/h5-6H,1-4,7,12H2. The van der Waals surface area contributed by atoms with Gasteiger partial charge in [0.2, 0.25) is 0 Å². The van der Waals surface area contributed by atoms with Gasteiger partial charge in [0, 0.05) is 6.42 Å². The van der Waals surface area contributed by atoms with Crippen LogP contribution in [0.5, 0.6) is 0 Å². The molecule has 78 valence electrons. The van der Waals surface area contributed by atoms with E-state index in [0.717, 1.165) is 24.1 Å². The molecular formula is C10H14ClNOS. The maximum atomic E-state index is 11.5. The van der Waals surface area contributed by atoms with Crippen molar-refractivity contribution < 1.29 is 4.79 Å². The molecule has 0 unspecified atom stereocenters. The lowest BCUT2D eigenvalue weighted by molar-refractivity contribution is 0.0983. The highest BCUT2D eigenvalue weighted by molar-refractivity contribution is 7.18. The summed E-state index contributed by atoms with van der Waals surface area (Å²) in [6.07, 6.45) is 3.56. The zero-order valence-electron chi connectivity index (χ0n) is 7.96. The molecule has 0 atom stereocenters. The molecule has 2 nitrogen and oxygen atoms in total. The van der Waals surface area contributed by atoms with E-state index in [1.807, 2.05) is 0 Å². The first-order chi connectivity index (χ1) is 6.74. The molecule has 0 aromatic carbocycles. The molecule has 0 saturated heterocycles. The second kappa shape index (κ2) is 6.17. The van der Waals surface area contributed by atoms with Gasteiger partial charge in [-0.2, -0.15) is 0 Å². The van der Waals surface area contributed by atoms with Crippen LogP contribution in [0.1, 0.15) is 35.4 Å². The lowest BCUT2D eigenvalue weighted by atomic mass is 10.1. The van der Waals surface area contributed by atoms with Crippen LogP contribution in [-0.2, 0) is 0 Å².